The van der Waals surface area contributed by atoms with Crippen molar-refractivity contribution in [2.45, 2.75) is 38.8 Å². The molecule has 9 heteroatoms. The van der Waals surface area contributed by atoms with Crippen LogP contribution in [0.25, 0.3) is 0 Å². The van der Waals surface area contributed by atoms with Gasteiger partial charge in [-0.1, -0.05) is 11.3 Å². The molecule has 1 atom stereocenters. The normalized spacial score (nSPS) is 17.5. The minimum atomic E-state index is -0.213. The van der Waals surface area contributed by atoms with Gasteiger partial charge in [-0.15, -0.1) is 17.5 Å². The summed E-state index contributed by atoms with van der Waals surface area (Å²) in [6, 6.07) is 5.85. The van der Waals surface area contributed by atoms with Crippen molar-refractivity contribution in [1.82, 2.24) is 25.6 Å². The zero-order valence-corrected chi connectivity index (χ0v) is 16.9. The lowest BCUT2D eigenvalue weighted by atomic mass is 10.1. The summed E-state index contributed by atoms with van der Waals surface area (Å²) in [5.41, 5.74) is 2.16. The second kappa shape index (κ2) is 8.79. The van der Waals surface area contributed by atoms with Crippen LogP contribution in [0.15, 0.2) is 18.2 Å². The Kier molecular flexibility index (Phi) is 6.41. The third kappa shape index (κ3) is 4.07. The first kappa shape index (κ1) is 20.4. The molecule has 1 unspecified atom stereocenters. The van der Waals surface area contributed by atoms with Crippen LogP contribution in [0.4, 0.5) is 0 Å². The first-order valence-electron chi connectivity index (χ1n) is 9.46. The number of halogens is 1. The van der Waals surface area contributed by atoms with E-state index in [1.165, 1.54) is 0 Å². The number of carbonyl (C=O) groups is 1. The van der Waals surface area contributed by atoms with Gasteiger partial charge in [-0.3, -0.25) is 4.79 Å². The van der Waals surface area contributed by atoms with Gasteiger partial charge >= 0.3 is 0 Å². The third-order valence-electron chi connectivity index (χ3n) is 5.21. The summed E-state index contributed by atoms with van der Waals surface area (Å²) in [6.45, 7) is 6.88. The number of ether oxygens (including phenoxy) is 2. The number of nitrogens with zero attached hydrogens (tertiary/aromatic N) is 3. The zero-order valence-electron chi connectivity index (χ0n) is 16.1. The van der Waals surface area contributed by atoms with Gasteiger partial charge in [0.25, 0.3) is 5.91 Å². The highest BCUT2D eigenvalue weighted by Crippen LogP contribution is 2.32. The number of aromatic nitrogens is 3. The van der Waals surface area contributed by atoms with Gasteiger partial charge in [0.1, 0.15) is 13.2 Å². The molecule has 0 aliphatic carbocycles. The van der Waals surface area contributed by atoms with Crippen molar-refractivity contribution in [3.63, 3.8) is 0 Å². The highest BCUT2D eigenvalue weighted by atomic mass is 35.5. The summed E-state index contributed by atoms with van der Waals surface area (Å²) in [5, 5.41) is 14.7. The SMILES string of the molecule is Cc1c(C(=O)NC(C)c2ccc3c(c2)OCCO3)nnn1C1CCNCC1.Cl. The molecule has 1 fully saturated rings. The largest absolute Gasteiger partial charge is 0.486 e. The molecule has 0 radical (unpaired) electrons. The van der Waals surface area contributed by atoms with Crippen LogP contribution in [0.2, 0.25) is 0 Å². The fourth-order valence-electron chi connectivity index (χ4n) is 3.63. The average molecular weight is 408 g/mol. The van der Waals surface area contributed by atoms with Crippen molar-refractivity contribution in [2.24, 2.45) is 0 Å². The van der Waals surface area contributed by atoms with Gasteiger partial charge in [0.15, 0.2) is 17.2 Å². The van der Waals surface area contributed by atoms with Gasteiger partial charge in [-0.05, 0) is 57.5 Å². The summed E-state index contributed by atoms with van der Waals surface area (Å²) in [4.78, 5) is 12.7. The number of benzene rings is 1. The molecule has 1 amide bonds. The third-order valence-corrected chi connectivity index (χ3v) is 5.21. The summed E-state index contributed by atoms with van der Waals surface area (Å²) in [7, 11) is 0. The van der Waals surface area contributed by atoms with E-state index in [1.807, 2.05) is 36.7 Å². The summed E-state index contributed by atoms with van der Waals surface area (Å²) < 4.78 is 13.1. The summed E-state index contributed by atoms with van der Waals surface area (Å²) in [6.07, 6.45) is 2.00. The number of hydrogen-bond acceptors (Lipinski definition) is 6. The molecule has 0 saturated carbocycles. The topological polar surface area (TPSA) is 90.3 Å². The van der Waals surface area contributed by atoms with Gasteiger partial charge in [-0.25, -0.2) is 4.68 Å². The van der Waals surface area contributed by atoms with Gasteiger partial charge < -0.3 is 20.1 Å². The molecule has 0 bridgehead atoms. The molecule has 152 valence electrons. The van der Waals surface area contributed by atoms with Crippen molar-refractivity contribution in [1.29, 1.82) is 0 Å². The zero-order chi connectivity index (χ0) is 18.8. The van der Waals surface area contributed by atoms with E-state index in [1.54, 1.807) is 0 Å². The van der Waals surface area contributed by atoms with E-state index in [2.05, 4.69) is 20.9 Å². The van der Waals surface area contributed by atoms with Crippen molar-refractivity contribution in [3.8, 4) is 11.5 Å². The predicted octanol–water partition coefficient (Wildman–Crippen LogP) is 2.20. The van der Waals surface area contributed by atoms with Crippen molar-refractivity contribution in [2.75, 3.05) is 26.3 Å². The fraction of sp³-hybridized carbons (Fsp3) is 0.526. The van der Waals surface area contributed by atoms with Crippen LogP contribution >= 0.6 is 12.4 Å². The molecule has 1 aromatic carbocycles. The Hall–Kier alpha value is -2.32. The second-order valence-electron chi connectivity index (χ2n) is 7.05. The molecule has 28 heavy (non-hydrogen) atoms. The molecule has 2 aliphatic rings. The van der Waals surface area contributed by atoms with Crippen LogP contribution < -0.4 is 20.1 Å². The van der Waals surface area contributed by atoms with Gasteiger partial charge in [0.2, 0.25) is 0 Å². The Labute approximate surface area is 170 Å². The Bertz CT molecular complexity index is 835. The van der Waals surface area contributed by atoms with Gasteiger partial charge in [0, 0.05) is 0 Å². The lowest BCUT2D eigenvalue weighted by molar-refractivity contribution is 0.0934. The molecule has 8 nitrogen and oxygen atoms in total. The molecule has 0 spiro atoms. The Morgan fingerprint density at radius 3 is 2.71 bits per heavy atom. The molecular formula is C19H26ClN5O3. The molecule has 2 aromatic rings. The minimum Gasteiger partial charge on any atom is -0.486 e. The first-order chi connectivity index (χ1) is 13.1. The summed E-state index contributed by atoms with van der Waals surface area (Å²) >= 11 is 0. The van der Waals surface area contributed by atoms with E-state index in [9.17, 15) is 4.79 Å². The number of rotatable bonds is 4. The molecule has 3 heterocycles. The molecule has 1 aromatic heterocycles. The molecule has 2 aliphatic heterocycles. The van der Waals surface area contributed by atoms with Gasteiger partial charge in [-0.2, -0.15) is 0 Å². The Morgan fingerprint density at radius 1 is 1.25 bits per heavy atom. The Balaban J connectivity index is 0.00000225. The molecule has 1 saturated heterocycles. The second-order valence-corrected chi connectivity index (χ2v) is 7.05. The maximum atomic E-state index is 12.7. The van der Waals surface area contributed by atoms with Crippen molar-refractivity contribution < 1.29 is 14.3 Å². The number of piperidine rings is 1. The number of nitrogens with one attached hydrogen (secondary N) is 2. The van der Waals surface area contributed by atoms with E-state index in [0.717, 1.165) is 42.9 Å². The van der Waals surface area contributed by atoms with Crippen LogP contribution in [0.1, 0.15) is 53.6 Å². The van der Waals surface area contributed by atoms with E-state index < -0.39 is 0 Å². The maximum absolute atomic E-state index is 12.7. The van der Waals surface area contributed by atoms with E-state index >= 15 is 0 Å². The maximum Gasteiger partial charge on any atom is 0.274 e. The molecule has 4 rings (SSSR count). The number of carbonyl (C=O) groups excluding carboxylic acids is 1. The van der Waals surface area contributed by atoms with Crippen LogP contribution in [0.3, 0.4) is 0 Å². The Morgan fingerprint density at radius 2 is 1.96 bits per heavy atom. The van der Waals surface area contributed by atoms with Crippen LogP contribution in [-0.4, -0.2) is 47.2 Å². The smallest absolute Gasteiger partial charge is 0.274 e. The number of fused-ring (bicyclic) bond motifs is 1. The lowest BCUT2D eigenvalue weighted by Gasteiger charge is -2.23. The van der Waals surface area contributed by atoms with E-state index in [4.69, 9.17) is 9.47 Å². The summed E-state index contributed by atoms with van der Waals surface area (Å²) in [5.74, 6) is 1.24. The van der Waals surface area contributed by atoms with Gasteiger partial charge in [0.05, 0.1) is 17.8 Å². The highest BCUT2D eigenvalue weighted by Gasteiger charge is 2.24. The molecular weight excluding hydrogens is 382 g/mol. The van der Waals surface area contributed by atoms with Crippen LogP contribution in [0.5, 0.6) is 11.5 Å². The monoisotopic (exact) mass is 407 g/mol. The fourth-order valence-corrected chi connectivity index (χ4v) is 3.63. The van der Waals surface area contributed by atoms with Crippen molar-refractivity contribution in [3.05, 3.63) is 35.2 Å². The predicted molar refractivity (Wildman–Crippen MR) is 106 cm³/mol. The number of hydrogen-bond donors (Lipinski definition) is 2. The van der Waals surface area contributed by atoms with Crippen LogP contribution in [0, 0.1) is 6.92 Å². The lowest BCUT2D eigenvalue weighted by Crippen LogP contribution is -2.31. The highest BCUT2D eigenvalue weighted by molar-refractivity contribution is 5.93. The molecule has 2 N–H and O–H groups in total. The quantitative estimate of drug-likeness (QED) is 0.807. The minimum absolute atomic E-state index is 0. The first-order valence-corrected chi connectivity index (χ1v) is 9.46. The number of amides is 1. The average Bonchev–Trinajstić information content (AvgIpc) is 3.09. The van der Waals surface area contributed by atoms with E-state index in [0.29, 0.717) is 30.7 Å². The standard InChI is InChI=1S/C19H25N5O3.ClH/c1-12(14-3-4-16-17(11-14)27-10-9-26-16)21-19(25)18-13(2)24(23-22-18)15-5-7-20-8-6-15;/h3-4,11-12,15,20H,5-10H2,1-2H3,(H,21,25);1H. The van der Waals surface area contributed by atoms with Crippen molar-refractivity contribution >= 4 is 18.3 Å². The van der Waals surface area contributed by atoms with E-state index in [-0.39, 0.29) is 24.4 Å². The van der Waals surface area contributed by atoms with Crippen LogP contribution in [-0.2, 0) is 0 Å².